The van der Waals surface area contributed by atoms with Crippen LogP contribution < -0.4 is 0 Å². The Kier molecular flexibility index (Phi) is 2.39. The summed E-state index contributed by atoms with van der Waals surface area (Å²) < 4.78 is 5.38. The maximum absolute atomic E-state index is 11.8. The van der Waals surface area contributed by atoms with Crippen molar-refractivity contribution in [2.45, 2.75) is 52.1 Å². The van der Waals surface area contributed by atoms with E-state index in [1.807, 2.05) is 26.8 Å². The van der Waals surface area contributed by atoms with Crippen molar-refractivity contribution in [3.63, 3.8) is 0 Å². The molecule has 0 unspecified atom stereocenters. The molecule has 94 valence electrons. The largest absolute Gasteiger partial charge is 0.457 e. The smallest absolute Gasteiger partial charge is 0.331 e. The second-order valence-corrected chi connectivity index (χ2v) is 6.97. The minimum Gasteiger partial charge on any atom is -0.457 e. The molecule has 3 aliphatic carbocycles. The molecule has 0 heterocycles. The molecule has 3 rings (SSSR count). The van der Waals surface area contributed by atoms with Gasteiger partial charge in [0.25, 0.3) is 0 Å². The van der Waals surface area contributed by atoms with Crippen LogP contribution in [-0.4, -0.2) is 11.6 Å². The highest BCUT2D eigenvalue weighted by molar-refractivity contribution is 5.83. The lowest BCUT2D eigenvalue weighted by Crippen LogP contribution is -2.37. The van der Waals surface area contributed by atoms with Crippen LogP contribution in [0.25, 0.3) is 0 Å². The van der Waals surface area contributed by atoms with Gasteiger partial charge in [-0.15, -0.1) is 0 Å². The van der Waals surface area contributed by atoms with Crippen LogP contribution in [0.3, 0.4) is 0 Å². The molecule has 3 saturated carbocycles. The molecule has 2 bridgehead atoms. The molecule has 4 atom stereocenters. The standard InChI is InChI=1S/C15H22O2/c1-15(2,3)17-14(16)8-13-10-5-4-9-6-11(10)12(13)7-9/h8-12H,4-7H2,1-3H3/t9-,10+,11-,12-/m0/s1. The fourth-order valence-electron chi connectivity index (χ4n) is 4.12. The number of allylic oxidation sites excluding steroid dienone is 1. The van der Waals surface area contributed by atoms with Gasteiger partial charge in [0.2, 0.25) is 0 Å². The third-order valence-corrected chi connectivity index (χ3v) is 4.66. The van der Waals surface area contributed by atoms with Crippen molar-refractivity contribution < 1.29 is 9.53 Å². The van der Waals surface area contributed by atoms with E-state index < -0.39 is 0 Å². The van der Waals surface area contributed by atoms with Gasteiger partial charge < -0.3 is 4.74 Å². The van der Waals surface area contributed by atoms with Crippen molar-refractivity contribution in [1.82, 2.24) is 0 Å². The number of carbonyl (C=O) groups excluding carboxylic acids is 1. The van der Waals surface area contributed by atoms with Crippen LogP contribution in [0, 0.1) is 23.7 Å². The molecule has 3 aliphatic rings. The van der Waals surface area contributed by atoms with Crippen LogP contribution in [0.2, 0.25) is 0 Å². The lowest BCUT2D eigenvalue weighted by molar-refractivity contribution is -0.148. The summed E-state index contributed by atoms with van der Waals surface area (Å²) in [6, 6.07) is 0. The summed E-state index contributed by atoms with van der Waals surface area (Å²) in [6.07, 6.45) is 7.24. The average molecular weight is 234 g/mol. The van der Waals surface area contributed by atoms with Crippen LogP contribution in [0.15, 0.2) is 11.6 Å². The highest BCUT2D eigenvalue weighted by Crippen LogP contribution is 2.63. The van der Waals surface area contributed by atoms with Crippen molar-refractivity contribution in [3.05, 3.63) is 11.6 Å². The van der Waals surface area contributed by atoms with E-state index in [-0.39, 0.29) is 11.6 Å². The highest BCUT2D eigenvalue weighted by atomic mass is 16.6. The molecule has 0 spiro atoms. The Morgan fingerprint density at radius 2 is 2.00 bits per heavy atom. The number of fused-ring (bicyclic) bond motifs is 1. The Morgan fingerprint density at radius 1 is 1.24 bits per heavy atom. The molecule has 3 fully saturated rings. The molecule has 0 aromatic carbocycles. The first-order valence-corrected chi connectivity index (χ1v) is 6.88. The lowest BCUT2D eigenvalue weighted by Gasteiger charge is -2.44. The highest BCUT2D eigenvalue weighted by Gasteiger charge is 2.54. The van der Waals surface area contributed by atoms with Crippen molar-refractivity contribution in [2.75, 3.05) is 0 Å². The third kappa shape index (κ3) is 1.92. The fraction of sp³-hybridized carbons (Fsp3) is 0.800. The first-order valence-electron chi connectivity index (χ1n) is 6.88. The summed E-state index contributed by atoms with van der Waals surface area (Å²) in [4.78, 5) is 11.8. The maximum atomic E-state index is 11.8. The number of rotatable bonds is 1. The van der Waals surface area contributed by atoms with E-state index in [0.29, 0.717) is 5.92 Å². The summed E-state index contributed by atoms with van der Waals surface area (Å²) >= 11 is 0. The quantitative estimate of drug-likeness (QED) is 0.514. The van der Waals surface area contributed by atoms with Crippen LogP contribution in [0.5, 0.6) is 0 Å². The fourth-order valence-corrected chi connectivity index (χ4v) is 4.12. The Morgan fingerprint density at radius 3 is 2.71 bits per heavy atom. The lowest BCUT2D eigenvalue weighted by atomic mass is 9.60. The molecule has 2 nitrogen and oxygen atoms in total. The van der Waals surface area contributed by atoms with E-state index in [9.17, 15) is 4.79 Å². The van der Waals surface area contributed by atoms with E-state index in [4.69, 9.17) is 4.74 Å². The SMILES string of the molecule is CC(C)(C)OC(=O)C=C1[C@H]2C[C@H]3CC[C@@H]1[C@@H]2C3. The van der Waals surface area contributed by atoms with E-state index in [1.54, 1.807) is 0 Å². The van der Waals surface area contributed by atoms with Gasteiger partial charge in [-0.25, -0.2) is 4.79 Å². The second kappa shape index (κ2) is 3.60. The first kappa shape index (κ1) is 11.3. The van der Waals surface area contributed by atoms with E-state index >= 15 is 0 Å². The molecule has 0 aliphatic heterocycles. The third-order valence-electron chi connectivity index (χ3n) is 4.66. The van der Waals surface area contributed by atoms with Crippen LogP contribution in [0.1, 0.15) is 46.5 Å². The number of esters is 1. The molecule has 0 saturated heterocycles. The van der Waals surface area contributed by atoms with Crippen molar-refractivity contribution >= 4 is 5.97 Å². The van der Waals surface area contributed by atoms with Gasteiger partial charge in [-0.3, -0.25) is 0 Å². The molecule has 0 aromatic heterocycles. The second-order valence-electron chi connectivity index (χ2n) is 6.97. The monoisotopic (exact) mass is 234 g/mol. The molecule has 0 amide bonds. The number of hydrogen-bond donors (Lipinski definition) is 0. The molecule has 17 heavy (non-hydrogen) atoms. The Labute approximate surface area is 103 Å². The zero-order valence-corrected chi connectivity index (χ0v) is 11.0. The number of hydrogen-bond acceptors (Lipinski definition) is 2. The van der Waals surface area contributed by atoms with Gasteiger partial charge in [-0.05, 0) is 70.1 Å². The molecule has 0 aromatic rings. The molecule has 0 N–H and O–H groups in total. The van der Waals surface area contributed by atoms with E-state index in [2.05, 4.69) is 0 Å². The summed E-state index contributed by atoms with van der Waals surface area (Å²) in [5, 5.41) is 0. The maximum Gasteiger partial charge on any atom is 0.331 e. The zero-order valence-electron chi connectivity index (χ0n) is 11.0. The Hall–Kier alpha value is -0.790. The molecular weight excluding hydrogens is 212 g/mol. The van der Waals surface area contributed by atoms with Crippen LogP contribution >= 0.6 is 0 Å². The molecule has 2 heteroatoms. The Bertz CT molecular complexity index is 367. The summed E-state index contributed by atoms with van der Waals surface area (Å²) in [7, 11) is 0. The van der Waals surface area contributed by atoms with E-state index in [0.717, 1.165) is 17.8 Å². The van der Waals surface area contributed by atoms with Crippen LogP contribution in [0.4, 0.5) is 0 Å². The summed E-state index contributed by atoms with van der Waals surface area (Å²) in [5.74, 6) is 3.15. The minimum atomic E-state index is -0.370. The van der Waals surface area contributed by atoms with Gasteiger partial charge in [0, 0.05) is 6.08 Å². The predicted molar refractivity (Wildman–Crippen MR) is 66.4 cm³/mol. The first-order chi connectivity index (χ1) is 7.94. The number of carbonyl (C=O) groups is 1. The van der Waals surface area contributed by atoms with Crippen molar-refractivity contribution in [3.8, 4) is 0 Å². The van der Waals surface area contributed by atoms with Gasteiger partial charge in [0.05, 0.1) is 0 Å². The van der Waals surface area contributed by atoms with Gasteiger partial charge in [0.1, 0.15) is 5.60 Å². The predicted octanol–water partition coefficient (Wildman–Crippen LogP) is 3.32. The van der Waals surface area contributed by atoms with Gasteiger partial charge >= 0.3 is 5.97 Å². The zero-order chi connectivity index (χ0) is 12.2. The van der Waals surface area contributed by atoms with Gasteiger partial charge in [0.15, 0.2) is 0 Å². The average Bonchev–Trinajstić information content (AvgIpc) is 2.36. The van der Waals surface area contributed by atoms with Gasteiger partial charge in [-0.1, -0.05) is 5.57 Å². The normalized spacial score (nSPS) is 41.2. The molecule has 0 radical (unpaired) electrons. The van der Waals surface area contributed by atoms with Gasteiger partial charge in [-0.2, -0.15) is 0 Å². The van der Waals surface area contributed by atoms with E-state index in [1.165, 1.54) is 31.3 Å². The topological polar surface area (TPSA) is 26.3 Å². The molecular formula is C15H22O2. The summed E-state index contributed by atoms with van der Waals surface area (Å²) in [6.45, 7) is 5.77. The summed E-state index contributed by atoms with van der Waals surface area (Å²) in [5.41, 5.74) is 1.04. The van der Waals surface area contributed by atoms with Crippen LogP contribution in [-0.2, 0) is 9.53 Å². The minimum absolute atomic E-state index is 0.138. The van der Waals surface area contributed by atoms with Crippen molar-refractivity contribution in [1.29, 1.82) is 0 Å². The van der Waals surface area contributed by atoms with Crippen molar-refractivity contribution in [2.24, 2.45) is 23.7 Å². The number of ether oxygens (including phenoxy) is 1. The Balaban J connectivity index is 1.71.